The molecule has 0 aliphatic heterocycles. The van der Waals surface area contributed by atoms with Crippen LogP contribution in [-0.4, -0.2) is 12.1 Å². The van der Waals surface area contributed by atoms with Gasteiger partial charge in [0, 0.05) is 0 Å². The molecule has 0 spiro atoms. The summed E-state index contributed by atoms with van der Waals surface area (Å²) in [7, 11) is 0. The molecular weight excluding hydrogens is 384 g/mol. The van der Waals surface area contributed by atoms with Crippen LogP contribution in [0.4, 0.5) is 0 Å². The number of halogens is 1. The predicted molar refractivity (Wildman–Crippen MR) is 98.7 cm³/mol. The Bertz CT molecular complexity index is 858. The molecule has 0 radical (unpaired) electrons. The highest BCUT2D eigenvalue weighted by molar-refractivity contribution is 9.10. The van der Waals surface area contributed by atoms with Gasteiger partial charge in [-0.1, -0.05) is 30.3 Å². The largest absolute Gasteiger partial charge is 0.489 e. The van der Waals surface area contributed by atoms with Crippen LogP contribution in [0.1, 0.15) is 21.7 Å². The van der Waals surface area contributed by atoms with Crippen molar-refractivity contribution in [3.05, 3.63) is 88.3 Å². The van der Waals surface area contributed by atoms with E-state index >= 15 is 0 Å². The number of hydrogen-bond acceptors (Lipinski definition) is 4. The van der Waals surface area contributed by atoms with E-state index in [1.807, 2.05) is 54.6 Å². The zero-order valence-electron chi connectivity index (χ0n) is 13.2. The summed E-state index contributed by atoms with van der Waals surface area (Å²) < 4.78 is 11.4. The van der Waals surface area contributed by atoms with Crippen LogP contribution in [0.15, 0.2) is 80.9 Å². The number of carbonyl (C=O) groups is 1. The average Bonchev–Trinajstić information content (AvgIpc) is 3.08. The Kier molecular flexibility index (Phi) is 5.64. The number of rotatable bonds is 6. The molecule has 1 amide bonds. The van der Waals surface area contributed by atoms with Crippen LogP contribution in [0.3, 0.4) is 0 Å². The second kappa shape index (κ2) is 8.30. The molecule has 0 aliphatic rings. The summed E-state index contributed by atoms with van der Waals surface area (Å²) >= 11 is 3.14. The molecule has 1 heterocycles. The van der Waals surface area contributed by atoms with Gasteiger partial charge >= 0.3 is 5.91 Å². The highest BCUT2D eigenvalue weighted by atomic mass is 79.9. The number of nitrogens with one attached hydrogen (secondary N) is 1. The van der Waals surface area contributed by atoms with Crippen LogP contribution in [0, 0.1) is 0 Å². The molecule has 1 aromatic heterocycles. The lowest BCUT2D eigenvalue weighted by Crippen LogP contribution is -2.16. The first-order chi connectivity index (χ1) is 12.2. The highest BCUT2D eigenvalue weighted by Gasteiger charge is 2.08. The molecule has 3 aromatic rings. The summed E-state index contributed by atoms with van der Waals surface area (Å²) in [6, 6.07) is 20.6. The third kappa shape index (κ3) is 5.06. The number of benzene rings is 2. The molecule has 2 aromatic carbocycles. The second-order valence-electron chi connectivity index (χ2n) is 5.15. The maximum atomic E-state index is 11.8. The third-order valence-corrected chi connectivity index (χ3v) is 3.73. The van der Waals surface area contributed by atoms with E-state index in [4.69, 9.17) is 9.15 Å². The summed E-state index contributed by atoms with van der Waals surface area (Å²) in [5.74, 6) is 0.545. The van der Waals surface area contributed by atoms with Crippen LogP contribution in [0.25, 0.3) is 0 Å². The SMILES string of the molecule is O=C(N/N=C/c1ccc(OCc2ccccc2)cc1)c1ccc(Br)o1. The predicted octanol–water partition coefficient (Wildman–Crippen LogP) is 4.39. The zero-order chi connectivity index (χ0) is 17.5. The van der Waals surface area contributed by atoms with Crippen molar-refractivity contribution in [2.45, 2.75) is 6.61 Å². The van der Waals surface area contributed by atoms with Gasteiger partial charge < -0.3 is 9.15 Å². The van der Waals surface area contributed by atoms with E-state index in [9.17, 15) is 4.79 Å². The van der Waals surface area contributed by atoms with Gasteiger partial charge in [0.25, 0.3) is 0 Å². The zero-order valence-corrected chi connectivity index (χ0v) is 14.8. The van der Waals surface area contributed by atoms with E-state index < -0.39 is 5.91 Å². The molecule has 0 unspecified atom stereocenters. The molecule has 6 heteroatoms. The van der Waals surface area contributed by atoms with Crippen molar-refractivity contribution in [3.63, 3.8) is 0 Å². The number of hydrogen-bond donors (Lipinski definition) is 1. The van der Waals surface area contributed by atoms with Crippen molar-refractivity contribution < 1.29 is 13.9 Å². The van der Waals surface area contributed by atoms with Gasteiger partial charge in [-0.05, 0) is 63.5 Å². The van der Waals surface area contributed by atoms with E-state index in [2.05, 4.69) is 26.5 Å². The molecule has 5 nitrogen and oxygen atoms in total. The van der Waals surface area contributed by atoms with E-state index in [-0.39, 0.29) is 5.76 Å². The van der Waals surface area contributed by atoms with Gasteiger partial charge in [-0.3, -0.25) is 4.79 Å². The average molecular weight is 399 g/mol. The van der Waals surface area contributed by atoms with Crippen LogP contribution in [0.2, 0.25) is 0 Å². The van der Waals surface area contributed by atoms with Crippen molar-refractivity contribution in [1.29, 1.82) is 0 Å². The summed E-state index contributed by atoms with van der Waals surface area (Å²) in [5.41, 5.74) is 4.36. The van der Waals surface area contributed by atoms with Crippen LogP contribution < -0.4 is 10.2 Å². The van der Waals surface area contributed by atoms with E-state index in [1.54, 1.807) is 18.3 Å². The van der Waals surface area contributed by atoms with Crippen LogP contribution in [0.5, 0.6) is 5.75 Å². The molecule has 0 saturated heterocycles. The standard InChI is InChI=1S/C19H15BrN2O3/c20-18-11-10-17(25-18)19(23)22-21-12-14-6-8-16(9-7-14)24-13-15-4-2-1-3-5-15/h1-12H,13H2,(H,22,23)/b21-12+. The first-order valence-electron chi connectivity index (χ1n) is 7.56. The Hall–Kier alpha value is -2.86. The number of furan rings is 1. The summed E-state index contributed by atoms with van der Waals surface area (Å²) in [6.07, 6.45) is 1.55. The van der Waals surface area contributed by atoms with Gasteiger partial charge in [-0.15, -0.1) is 0 Å². The number of carbonyl (C=O) groups excluding carboxylic acids is 1. The van der Waals surface area contributed by atoms with Crippen molar-refractivity contribution in [1.82, 2.24) is 5.43 Å². The highest BCUT2D eigenvalue weighted by Crippen LogP contribution is 2.14. The van der Waals surface area contributed by atoms with Crippen molar-refractivity contribution in [3.8, 4) is 5.75 Å². The lowest BCUT2D eigenvalue weighted by Gasteiger charge is -2.06. The Labute approximate surface area is 153 Å². The van der Waals surface area contributed by atoms with Crippen molar-refractivity contribution in [2.24, 2.45) is 5.10 Å². The smallest absolute Gasteiger partial charge is 0.307 e. The quantitative estimate of drug-likeness (QED) is 0.494. The molecule has 0 fully saturated rings. The number of ether oxygens (including phenoxy) is 1. The molecule has 0 atom stereocenters. The number of amides is 1. The van der Waals surface area contributed by atoms with Gasteiger partial charge in [0.2, 0.25) is 0 Å². The first kappa shape index (κ1) is 17.0. The monoisotopic (exact) mass is 398 g/mol. The van der Waals surface area contributed by atoms with Gasteiger partial charge in [-0.2, -0.15) is 5.10 Å². The summed E-state index contributed by atoms with van der Waals surface area (Å²) in [6.45, 7) is 0.517. The fraction of sp³-hybridized carbons (Fsp3) is 0.0526. The minimum atomic E-state index is -0.412. The maximum Gasteiger partial charge on any atom is 0.307 e. The minimum Gasteiger partial charge on any atom is -0.489 e. The fourth-order valence-electron chi connectivity index (χ4n) is 2.05. The van der Waals surface area contributed by atoms with E-state index in [0.717, 1.165) is 16.9 Å². The normalized spacial score (nSPS) is 10.8. The molecule has 126 valence electrons. The molecule has 25 heavy (non-hydrogen) atoms. The molecule has 0 saturated carbocycles. The Morgan fingerprint density at radius 3 is 2.52 bits per heavy atom. The van der Waals surface area contributed by atoms with Crippen LogP contribution >= 0.6 is 15.9 Å². The second-order valence-corrected chi connectivity index (χ2v) is 5.93. The Morgan fingerprint density at radius 1 is 1.08 bits per heavy atom. The van der Waals surface area contributed by atoms with Gasteiger partial charge in [0.15, 0.2) is 10.4 Å². The van der Waals surface area contributed by atoms with E-state index in [1.165, 1.54) is 0 Å². The maximum absolute atomic E-state index is 11.8. The molecule has 0 bridgehead atoms. The first-order valence-corrected chi connectivity index (χ1v) is 8.35. The lowest BCUT2D eigenvalue weighted by atomic mass is 10.2. The van der Waals surface area contributed by atoms with Gasteiger partial charge in [-0.25, -0.2) is 5.43 Å². The molecule has 1 N–H and O–H groups in total. The number of nitrogens with zero attached hydrogens (tertiary/aromatic N) is 1. The Morgan fingerprint density at radius 2 is 1.84 bits per heavy atom. The van der Waals surface area contributed by atoms with E-state index in [0.29, 0.717) is 11.3 Å². The summed E-state index contributed by atoms with van der Waals surface area (Å²) in [4.78, 5) is 11.8. The Balaban J connectivity index is 1.51. The van der Waals surface area contributed by atoms with Gasteiger partial charge in [0.05, 0.1) is 6.21 Å². The molecular formula is C19H15BrN2O3. The lowest BCUT2D eigenvalue weighted by molar-refractivity contribution is 0.0926. The molecule has 3 rings (SSSR count). The number of hydrazone groups is 1. The fourth-order valence-corrected chi connectivity index (χ4v) is 2.35. The topological polar surface area (TPSA) is 63.8 Å². The van der Waals surface area contributed by atoms with Crippen molar-refractivity contribution in [2.75, 3.05) is 0 Å². The van der Waals surface area contributed by atoms with Crippen LogP contribution in [-0.2, 0) is 6.61 Å². The minimum absolute atomic E-state index is 0.189. The van der Waals surface area contributed by atoms with Crippen molar-refractivity contribution >= 4 is 28.1 Å². The van der Waals surface area contributed by atoms with Gasteiger partial charge in [0.1, 0.15) is 12.4 Å². The third-order valence-electron chi connectivity index (χ3n) is 3.31. The molecule has 0 aliphatic carbocycles. The summed E-state index contributed by atoms with van der Waals surface area (Å²) in [5, 5.41) is 3.91.